The van der Waals surface area contributed by atoms with Crippen LogP contribution in [-0.2, 0) is 0 Å². The zero-order valence-electron chi connectivity index (χ0n) is 9.21. The summed E-state index contributed by atoms with van der Waals surface area (Å²) >= 11 is 3.36. The van der Waals surface area contributed by atoms with E-state index in [9.17, 15) is 4.79 Å². The Labute approximate surface area is 107 Å². The second-order valence-electron chi connectivity index (χ2n) is 3.48. The molecule has 0 spiro atoms. The molecular weight excluding hydrogens is 284 g/mol. The number of benzene rings is 1. The number of carbonyl (C=O) groups excluding carboxylic acids is 1. The quantitative estimate of drug-likeness (QED) is 0.874. The highest BCUT2D eigenvalue weighted by Crippen LogP contribution is 2.24. The Morgan fingerprint density at radius 3 is 2.82 bits per heavy atom. The summed E-state index contributed by atoms with van der Waals surface area (Å²) in [5.74, 6) is 0.436. The lowest BCUT2D eigenvalue weighted by atomic mass is 10.3. The lowest BCUT2D eigenvalue weighted by molar-refractivity contribution is 0.0709. The molecule has 0 fully saturated rings. The van der Waals surface area contributed by atoms with Crippen molar-refractivity contribution in [2.75, 3.05) is 0 Å². The Hall–Kier alpha value is -1.62. The van der Waals surface area contributed by atoms with Gasteiger partial charge in [0.15, 0.2) is 6.10 Å². The molecule has 0 saturated heterocycles. The van der Waals surface area contributed by atoms with Crippen molar-refractivity contribution in [2.24, 2.45) is 0 Å². The molecule has 1 aromatic carbocycles. The molecule has 5 heteroatoms. The molecule has 0 bridgehead atoms. The molecule has 0 radical (unpaired) electrons. The Kier molecular flexibility index (Phi) is 3.58. The monoisotopic (exact) mass is 294 g/mol. The number of nitrogens with zero attached hydrogens (tertiary/aromatic N) is 2. The van der Waals surface area contributed by atoms with Crippen LogP contribution in [0.1, 0.15) is 11.7 Å². The van der Waals surface area contributed by atoms with Crippen LogP contribution in [0.25, 0.3) is 0 Å². The highest BCUT2D eigenvalue weighted by Gasteiger charge is 2.17. The molecule has 1 heterocycles. The summed E-state index contributed by atoms with van der Waals surface area (Å²) in [6.07, 6.45) is 2.57. The number of hydrogen-bond acceptors (Lipinski definition) is 3. The second-order valence-corrected chi connectivity index (χ2v) is 4.33. The van der Waals surface area contributed by atoms with Crippen LogP contribution in [0, 0.1) is 0 Å². The number of ether oxygens (including phenoxy) is 1. The summed E-state index contributed by atoms with van der Waals surface area (Å²) in [5, 5.41) is 3.88. The van der Waals surface area contributed by atoms with Crippen LogP contribution in [0.15, 0.2) is 47.2 Å². The summed E-state index contributed by atoms with van der Waals surface area (Å²) in [6.45, 7) is 1.70. The van der Waals surface area contributed by atoms with E-state index in [4.69, 9.17) is 4.74 Å². The van der Waals surface area contributed by atoms with Gasteiger partial charge in [-0.2, -0.15) is 5.10 Å². The average molecular weight is 295 g/mol. The molecule has 4 nitrogen and oxygen atoms in total. The first-order valence-corrected chi connectivity index (χ1v) is 5.93. The molecule has 2 rings (SSSR count). The van der Waals surface area contributed by atoms with Crippen LogP contribution in [-0.4, -0.2) is 21.8 Å². The zero-order valence-corrected chi connectivity index (χ0v) is 10.8. The van der Waals surface area contributed by atoms with Gasteiger partial charge in [-0.3, -0.25) is 4.79 Å². The minimum absolute atomic E-state index is 0.203. The van der Waals surface area contributed by atoms with Gasteiger partial charge < -0.3 is 4.74 Å². The van der Waals surface area contributed by atoms with E-state index in [1.54, 1.807) is 31.5 Å². The molecule has 0 aliphatic heterocycles. The highest BCUT2D eigenvalue weighted by molar-refractivity contribution is 9.10. The van der Waals surface area contributed by atoms with Crippen molar-refractivity contribution in [1.82, 2.24) is 9.78 Å². The standard InChI is InChI=1S/C12H11BrN2O2/c1-9(12(16)15-8-4-7-14-15)17-11-6-3-2-5-10(11)13/h2-9H,1H3. The van der Waals surface area contributed by atoms with Gasteiger partial charge in [0.2, 0.25) is 0 Å². The third-order valence-electron chi connectivity index (χ3n) is 2.22. The van der Waals surface area contributed by atoms with Gasteiger partial charge in [0.05, 0.1) is 4.47 Å². The van der Waals surface area contributed by atoms with Crippen LogP contribution in [0.3, 0.4) is 0 Å². The van der Waals surface area contributed by atoms with Gasteiger partial charge in [0.1, 0.15) is 5.75 Å². The van der Waals surface area contributed by atoms with E-state index in [0.717, 1.165) is 4.47 Å². The normalized spacial score (nSPS) is 12.1. The fraction of sp³-hybridized carbons (Fsp3) is 0.167. The predicted octanol–water partition coefficient (Wildman–Crippen LogP) is 2.75. The van der Waals surface area contributed by atoms with Gasteiger partial charge in [0.25, 0.3) is 5.91 Å². The van der Waals surface area contributed by atoms with Crippen molar-refractivity contribution in [3.8, 4) is 5.75 Å². The van der Waals surface area contributed by atoms with E-state index < -0.39 is 6.10 Å². The van der Waals surface area contributed by atoms with Crippen LogP contribution in [0.5, 0.6) is 5.75 Å². The number of hydrogen-bond donors (Lipinski definition) is 0. The Morgan fingerprint density at radius 2 is 2.18 bits per heavy atom. The van der Waals surface area contributed by atoms with E-state index in [-0.39, 0.29) is 5.91 Å². The first-order chi connectivity index (χ1) is 8.18. The minimum Gasteiger partial charge on any atom is -0.480 e. The molecule has 0 N–H and O–H groups in total. The summed E-state index contributed by atoms with van der Waals surface area (Å²) in [6, 6.07) is 9.10. The minimum atomic E-state index is -0.589. The third kappa shape index (κ3) is 2.74. The average Bonchev–Trinajstić information content (AvgIpc) is 2.84. The molecule has 0 aliphatic rings. The molecule has 0 amide bonds. The van der Waals surface area contributed by atoms with Gasteiger partial charge in [-0.15, -0.1) is 0 Å². The molecular formula is C12H11BrN2O2. The Morgan fingerprint density at radius 1 is 1.41 bits per heavy atom. The maximum atomic E-state index is 11.9. The summed E-state index contributed by atoms with van der Waals surface area (Å²) in [7, 11) is 0. The van der Waals surface area contributed by atoms with Gasteiger partial charge in [-0.05, 0) is 41.1 Å². The van der Waals surface area contributed by atoms with E-state index in [1.807, 2.05) is 18.2 Å². The van der Waals surface area contributed by atoms with Crippen LogP contribution < -0.4 is 4.74 Å². The van der Waals surface area contributed by atoms with E-state index in [2.05, 4.69) is 21.0 Å². The third-order valence-corrected chi connectivity index (χ3v) is 2.87. The number of halogens is 1. The zero-order chi connectivity index (χ0) is 12.3. The van der Waals surface area contributed by atoms with Crippen molar-refractivity contribution in [1.29, 1.82) is 0 Å². The highest BCUT2D eigenvalue weighted by atomic mass is 79.9. The SMILES string of the molecule is CC(Oc1ccccc1Br)C(=O)n1cccn1. The largest absolute Gasteiger partial charge is 0.480 e. The second kappa shape index (κ2) is 5.14. The van der Waals surface area contributed by atoms with E-state index >= 15 is 0 Å². The van der Waals surface area contributed by atoms with E-state index in [0.29, 0.717) is 5.75 Å². The lowest BCUT2D eigenvalue weighted by Gasteiger charge is -2.14. The first-order valence-electron chi connectivity index (χ1n) is 5.13. The molecule has 1 aromatic heterocycles. The van der Waals surface area contributed by atoms with Gasteiger partial charge in [-0.1, -0.05) is 12.1 Å². The van der Waals surface area contributed by atoms with Crippen LogP contribution in [0.4, 0.5) is 0 Å². The molecule has 0 aliphatic carbocycles. The number of para-hydroxylation sites is 1. The molecule has 2 aromatic rings. The first kappa shape index (κ1) is 11.9. The van der Waals surface area contributed by atoms with Crippen LogP contribution >= 0.6 is 15.9 Å². The molecule has 88 valence electrons. The van der Waals surface area contributed by atoms with Crippen molar-refractivity contribution in [3.05, 3.63) is 47.2 Å². The van der Waals surface area contributed by atoms with Crippen molar-refractivity contribution >= 4 is 21.8 Å². The van der Waals surface area contributed by atoms with Crippen molar-refractivity contribution in [3.63, 3.8) is 0 Å². The Balaban J connectivity index is 2.10. The lowest BCUT2D eigenvalue weighted by Crippen LogP contribution is -2.29. The predicted molar refractivity (Wildman–Crippen MR) is 67.1 cm³/mol. The van der Waals surface area contributed by atoms with Crippen LogP contribution in [0.2, 0.25) is 0 Å². The van der Waals surface area contributed by atoms with E-state index in [1.165, 1.54) is 4.68 Å². The van der Waals surface area contributed by atoms with Crippen molar-refractivity contribution in [2.45, 2.75) is 13.0 Å². The number of carbonyl (C=O) groups is 1. The smallest absolute Gasteiger partial charge is 0.287 e. The summed E-state index contributed by atoms with van der Waals surface area (Å²) in [5.41, 5.74) is 0. The number of aromatic nitrogens is 2. The Bertz CT molecular complexity index is 511. The van der Waals surface area contributed by atoms with Gasteiger partial charge in [0, 0.05) is 12.4 Å². The summed E-state index contributed by atoms with van der Waals surface area (Å²) in [4.78, 5) is 11.9. The molecule has 17 heavy (non-hydrogen) atoms. The van der Waals surface area contributed by atoms with Gasteiger partial charge >= 0.3 is 0 Å². The number of rotatable bonds is 3. The fourth-order valence-corrected chi connectivity index (χ4v) is 1.74. The topological polar surface area (TPSA) is 44.1 Å². The summed E-state index contributed by atoms with van der Waals surface area (Å²) < 4.78 is 7.66. The fourth-order valence-electron chi connectivity index (χ4n) is 1.37. The van der Waals surface area contributed by atoms with Crippen molar-refractivity contribution < 1.29 is 9.53 Å². The molecule has 0 saturated carbocycles. The maximum Gasteiger partial charge on any atom is 0.287 e. The van der Waals surface area contributed by atoms with Gasteiger partial charge in [-0.25, -0.2) is 4.68 Å². The molecule has 1 atom stereocenters. The molecule has 1 unspecified atom stereocenters. The maximum absolute atomic E-state index is 11.9.